The van der Waals surface area contributed by atoms with Gasteiger partial charge >= 0.3 is 0 Å². The maximum absolute atomic E-state index is 5.86. The van der Waals surface area contributed by atoms with Crippen molar-refractivity contribution in [1.82, 2.24) is 15.6 Å². The van der Waals surface area contributed by atoms with Crippen LogP contribution in [0, 0.1) is 24.7 Å². The molecule has 2 aliphatic carbocycles. The van der Waals surface area contributed by atoms with Crippen molar-refractivity contribution in [2.45, 2.75) is 58.4 Å². The van der Waals surface area contributed by atoms with E-state index in [1.807, 2.05) is 6.92 Å². The van der Waals surface area contributed by atoms with Crippen molar-refractivity contribution < 1.29 is 0 Å². The summed E-state index contributed by atoms with van der Waals surface area (Å²) in [5, 5.41) is 8.52. The second-order valence-electron chi connectivity index (χ2n) is 6.63. The highest BCUT2D eigenvalue weighted by molar-refractivity contribution is 5.25. The molecule has 3 rings (SSSR count). The second kappa shape index (κ2) is 5.78. The number of nitrogens with zero attached hydrogens (tertiary/aromatic N) is 2. The summed E-state index contributed by atoms with van der Waals surface area (Å²) < 4.78 is 0. The van der Waals surface area contributed by atoms with Crippen molar-refractivity contribution in [3.8, 4) is 0 Å². The first kappa shape index (κ1) is 14.0. The fourth-order valence-corrected chi connectivity index (χ4v) is 4.36. The van der Waals surface area contributed by atoms with Gasteiger partial charge in [-0.1, -0.05) is 13.3 Å². The van der Waals surface area contributed by atoms with Gasteiger partial charge < -0.3 is 0 Å². The number of rotatable bonds is 5. The SMILES string of the molecule is CCc1nnc(C)cc1C(CC1CC2CCC1C2)NN. The monoisotopic (exact) mass is 274 g/mol. The van der Waals surface area contributed by atoms with Gasteiger partial charge in [0.25, 0.3) is 0 Å². The second-order valence-corrected chi connectivity index (χ2v) is 6.63. The van der Waals surface area contributed by atoms with Crippen LogP contribution >= 0.6 is 0 Å². The summed E-state index contributed by atoms with van der Waals surface area (Å²) in [4.78, 5) is 0. The molecule has 0 aromatic carbocycles. The Bertz CT molecular complexity index is 474. The molecule has 0 radical (unpaired) electrons. The molecule has 4 atom stereocenters. The van der Waals surface area contributed by atoms with E-state index in [4.69, 9.17) is 5.84 Å². The van der Waals surface area contributed by atoms with E-state index in [1.54, 1.807) is 0 Å². The molecule has 2 aliphatic rings. The van der Waals surface area contributed by atoms with Crippen LogP contribution < -0.4 is 11.3 Å². The van der Waals surface area contributed by atoms with Crippen LogP contribution in [0.25, 0.3) is 0 Å². The van der Waals surface area contributed by atoms with Gasteiger partial charge in [0.15, 0.2) is 0 Å². The Hall–Kier alpha value is -1.00. The lowest BCUT2D eigenvalue weighted by Crippen LogP contribution is -2.32. The Morgan fingerprint density at radius 1 is 1.35 bits per heavy atom. The Morgan fingerprint density at radius 3 is 2.80 bits per heavy atom. The first-order chi connectivity index (χ1) is 9.71. The average Bonchev–Trinajstić information content (AvgIpc) is 3.07. The van der Waals surface area contributed by atoms with Gasteiger partial charge in [0.05, 0.1) is 11.4 Å². The van der Waals surface area contributed by atoms with Crippen LogP contribution in [-0.2, 0) is 6.42 Å². The highest BCUT2D eigenvalue weighted by atomic mass is 15.2. The summed E-state index contributed by atoms with van der Waals surface area (Å²) >= 11 is 0. The van der Waals surface area contributed by atoms with E-state index >= 15 is 0 Å². The molecule has 4 heteroatoms. The van der Waals surface area contributed by atoms with Crippen LogP contribution in [0.3, 0.4) is 0 Å². The number of hydrazine groups is 1. The van der Waals surface area contributed by atoms with E-state index in [0.29, 0.717) is 0 Å². The third-order valence-corrected chi connectivity index (χ3v) is 5.36. The summed E-state index contributed by atoms with van der Waals surface area (Å²) in [7, 11) is 0. The zero-order valence-corrected chi connectivity index (χ0v) is 12.6. The molecule has 0 amide bonds. The third-order valence-electron chi connectivity index (χ3n) is 5.36. The molecule has 3 N–H and O–H groups in total. The lowest BCUT2D eigenvalue weighted by Gasteiger charge is -2.27. The number of nitrogens with one attached hydrogen (secondary N) is 1. The molecule has 1 aromatic rings. The lowest BCUT2D eigenvalue weighted by atomic mass is 9.82. The molecule has 1 heterocycles. The largest absolute Gasteiger partial charge is 0.271 e. The zero-order chi connectivity index (χ0) is 14.1. The van der Waals surface area contributed by atoms with Gasteiger partial charge in [0, 0.05) is 6.04 Å². The molecule has 2 saturated carbocycles. The summed E-state index contributed by atoms with van der Waals surface area (Å²) in [5.74, 6) is 8.63. The molecule has 1 aromatic heterocycles. The predicted octanol–water partition coefficient (Wildman–Crippen LogP) is 2.68. The molecule has 2 bridgehead atoms. The molecule has 110 valence electrons. The van der Waals surface area contributed by atoms with Crippen LogP contribution in [0.15, 0.2) is 6.07 Å². The van der Waals surface area contributed by atoms with E-state index in [1.165, 1.54) is 31.2 Å². The smallest absolute Gasteiger partial charge is 0.0676 e. The number of nitrogens with two attached hydrogens (primary N) is 1. The number of aryl methyl sites for hydroxylation is 2. The maximum Gasteiger partial charge on any atom is 0.0676 e. The standard InChI is InChI=1S/C16H26N4/c1-3-15-14(6-10(2)19-20-15)16(18-17)9-13-8-11-4-5-12(13)7-11/h6,11-13,16,18H,3-5,7-9,17H2,1-2H3. The quantitative estimate of drug-likeness (QED) is 0.640. The Kier molecular flexibility index (Phi) is 4.03. The van der Waals surface area contributed by atoms with Crippen LogP contribution in [0.2, 0.25) is 0 Å². The van der Waals surface area contributed by atoms with Crippen molar-refractivity contribution in [3.05, 3.63) is 23.0 Å². The molecule has 4 nitrogen and oxygen atoms in total. The van der Waals surface area contributed by atoms with Crippen molar-refractivity contribution in [1.29, 1.82) is 0 Å². The molecule has 20 heavy (non-hydrogen) atoms. The Labute approximate surface area is 121 Å². The first-order valence-corrected chi connectivity index (χ1v) is 8.00. The highest BCUT2D eigenvalue weighted by Gasteiger charge is 2.40. The predicted molar refractivity (Wildman–Crippen MR) is 79.8 cm³/mol. The average molecular weight is 274 g/mol. The van der Waals surface area contributed by atoms with Gasteiger partial charge in [-0.25, -0.2) is 0 Å². The minimum absolute atomic E-state index is 0.225. The van der Waals surface area contributed by atoms with E-state index in [0.717, 1.165) is 42.0 Å². The Morgan fingerprint density at radius 2 is 2.20 bits per heavy atom. The molecule has 0 saturated heterocycles. The van der Waals surface area contributed by atoms with Crippen molar-refractivity contribution in [2.75, 3.05) is 0 Å². The number of aromatic nitrogens is 2. The molecular formula is C16H26N4. The zero-order valence-electron chi connectivity index (χ0n) is 12.6. The fourth-order valence-electron chi connectivity index (χ4n) is 4.36. The topological polar surface area (TPSA) is 63.8 Å². The molecule has 0 spiro atoms. The number of fused-ring (bicyclic) bond motifs is 2. The summed E-state index contributed by atoms with van der Waals surface area (Å²) in [6.07, 6.45) is 7.81. The summed E-state index contributed by atoms with van der Waals surface area (Å²) in [5.41, 5.74) is 6.36. The van der Waals surface area contributed by atoms with Crippen molar-refractivity contribution in [3.63, 3.8) is 0 Å². The fraction of sp³-hybridized carbons (Fsp3) is 0.750. The van der Waals surface area contributed by atoms with E-state index in [2.05, 4.69) is 28.6 Å². The maximum atomic E-state index is 5.86. The Balaban J connectivity index is 1.77. The molecular weight excluding hydrogens is 248 g/mol. The normalized spacial score (nSPS) is 29.9. The van der Waals surface area contributed by atoms with Crippen LogP contribution in [0.5, 0.6) is 0 Å². The summed E-state index contributed by atoms with van der Waals surface area (Å²) in [6, 6.07) is 2.38. The number of hydrogen-bond acceptors (Lipinski definition) is 4. The molecule has 2 fully saturated rings. The van der Waals surface area contributed by atoms with E-state index < -0.39 is 0 Å². The van der Waals surface area contributed by atoms with Gasteiger partial charge in [-0.2, -0.15) is 10.2 Å². The molecule has 4 unspecified atom stereocenters. The van der Waals surface area contributed by atoms with Crippen molar-refractivity contribution in [2.24, 2.45) is 23.6 Å². The van der Waals surface area contributed by atoms with Crippen LogP contribution in [0.4, 0.5) is 0 Å². The number of hydrogen-bond donors (Lipinski definition) is 2. The summed E-state index contributed by atoms with van der Waals surface area (Å²) in [6.45, 7) is 4.13. The highest BCUT2D eigenvalue weighted by Crippen LogP contribution is 2.50. The van der Waals surface area contributed by atoms with E-state index in [9.17, 15) is 0 Å². The van der Waals surface area contributed by atoms with Crippen LogP contribution in [0.1, 0.15) is 62.0 Å². The third kappa shape index (κ3) is 2.59. The minimum atomic E-state index is 0.225. The lowest BCUT2D eigenvalue weighted by molar-refractivity contribution is 0.279. The van der Waals surface area contributed by atoms with Crippen molar-refractivity contribution >= 4 is 0 Å². The van der Waals surface area contributed by atoms with Gasteiger partial charge in [0.1, 0.15) is 0 Å². The van der Waals surface area contributed by atoms with Gasteiger partial charge in [0.2, 0.25) is 0 Å². The van der Waals surface area contributed by atoms with Gasteiger partial charge in [-0.05, 0) is 68.4 Å². The van der Waals surface area contributed by atoms with Crippen LogP contribution in [-0.4, -0.2) is 10.2 Å². The first-order valence-electron chi connectivity index (χ1n) is 8.00. The minimum Gasteiger partial charge on any atom is -0.271 e. The van der Waals surface area contributed by atoms with E-state index in [-0.39, 0.29) is 6.04 Å². The molecule has 0 aliphatic heterocycles. The van der Waals surface area contributed by atoms with Gasteiger partial charge in [-0.15, -0.1) is 0 Å². The van der Waals surface area contributed by atoms with Gasteiger partial charge in [-0.3, -0.25) is 11.3 Å².